The topological polar surface area (TPSA) is 29.1 Å². The molecule has 1 amide bonds. The molecule has 1 unspecified atom stereocenters. The fourth-order valence-electron chi connectivity index (χ4n) is 3.93. The van der Waals surface area contributed by atoms with E-state index in [2.05, 4.69) is 21.2 Å². The average Bonchev–Trinajstić information content (AvgIpc) is 2.91. The number of fused-ring (bicyclic) bond motifs is 3. The molecular formula is C21H21BrF3NO. The normalized spacial score (nSPS) is 15.7. The van der Waals surface area contributed by atoms with Crippen molar-refractivity contribution in [3.63, 3.8) is 0 Å². The van der Waals surface area contributed by atoms with Gasteiger partial charge in [0.1, 0.15) is 12.0 Å². The van der Waals surface area contributed by atoms with Gasteiger partial charge in [-0.05, 0) is 35.1 Å². The van der Waals surface area contributed by atoms with E-state index in [0.29, 0.717) is 12.8 Å². The monoisotopic (exact) mass is 439 g/mol. The number of rotatable bonds is 6. The summed E-state index contributed by atoms with van der Waals surface area (Å²) in [5, 5.41) is 2.15. The van der Waals surface area contributed by atoms with Gasteiger partial charge in [-0.1, -0.05) is 77.8 Å². The second kappa shape index (κ2) is 7.66. The summed E-state index contributed by atoms with van der Waals surface area (Å²) in [5.41, 5.74) is 2.31. The molecule has 1 aliphatic carbocycles. The van der Waals surface area contributed by atoms with E-state index in [1.807, 2.05) is 55.5 Å². The van der Waals surface area contributed by atoms with Gasteiger partial charge in [0.05, 0.1) is 0 Å². The maximum absolute atomic E-state index is 13.2. The molecule has 3 rings (SSSR count). The highest BCUT2D eigenvalue weighted by atomic mass is 79.9. The average molecular weight is 440 g/mol. The predicted molar refractivity (Wildman–Crippen MR) is 104 cm³/mol. The Labute approximate surface area is 165 Å². The van der Waals surface area contributed by atoms with Gasteiger partial charge in [0.15, 0.2) is 0 Å². The Hall–Kier alpha value is -1.82. The minimum Gasteiger partial charge on any atom is -0.346 e. The summed E-state index contributed by atoms with van der Waals surface area (Å²) in [6, 6.07) is 15.0. The van der Waals surface area contributed by atoms with Gasteiger partial charge < -0.3 is 5.32 Å². The molecule has 0 radical (unpaired) electrons. The van der Waals surface area contributed by atoms with Gasteiger partial charge in [-0.25, -0.2) is 0 Å². The van der Waals surface area contributed by atoms with E-state index in [1.165, 1.54) is 0 Å². The smallest absolute Gasteiger partial charge is 0.346 e. The van der Waals surface area contributed by atoms with Crippen LogP contribution in [0.1, 0.15) is 37.3 Å². The fourth-order valence-corrected chi connectivity index (χ4v) is 4.26. The van der Waals surface area contributed by atoms with Gasteiger partial charge in [-0.3, -0.25) is 4.79 Å². The van der Waals surface area contributed by atoms with Gasteiger partial charge >= 0.3 is 6.18 Å². The van der Waals surface area contributed by atoms with Crippen molar-refractivity contribution in [3.05, 3.63) is 59.7 Å². The first-order valence-corrected chi connectivity index (χ1v) is 9.86. The van der Waals surface area contributed by atoms with Crippen LogP contribution in [0.2, 0.25) is 0 Å². The van der Waals surface area contributed by atoms with Crippen LogP contribution in [0, 0.1) is 0 Å². The van der Waals surface area contributed by atoms with E-state index in [4.69, 9.17) is 0 Å². The second-order valence-corrected chi connectivity index (χ2v) is 8.53. The SMILES string of the molecule is CC(Br)CCCC1(C(=O)NCC(F)(F)F)c2ccccc2-c2ccccc21. The summed E-state index contributed by atoms with van der Waals surface area (Å²) in [7, 11) is 0. The molecule has 1 aliphatic rings. The first-order valence-electron chi connectivity index (χ1n) is 8.94. The Morgan fingerprint density at radius 2 is 1.59 bits per heavy atom. The number of nitrogens with one attached hydrogen (secondary N) is 1. The third kappa shape index (κ3) is 3.91. The minimum atomic E-state index is -4.45. The molecule has 0 aromatic heterocycles. The molecule has 0 saturated carbocycles. The molecular weight excluding hydrogens is 419 g/mol. The lowest BCUT2D eigenvalue weighted by Crippen LogP contribution is -2.47. The summed E-state index contributed by atoms with van der Waals surface area (Å²) in [6.07, 6.45) is -2.44. The summed E-state index contributed by atoms with van der Waals surface area (Å²) in [6.45, 7) is 0.694. The van der Waals surface area contributed by atoms with Crippen LogP contribution in [0.15, 0.2) is 48.5 Å². The van der Waals surface area contributed by atoms with Gasteiger partial charge in [-0.2, -0.15) is 13.2 Å². The predicted octanol–water partition coefficient (Wildman–Crippen LogP) is 5.59. The molecule has 1 N–H and O–H groups in total. The molecule has 0 saturated heterocycles. The third-order valence-corrected chi connectivity index (χ3v) is 5.51. The first kappa shape index (κ1) is 19.9. The van der Waals surface area contributed by atoms with Crippen LogP contribution in [-0.4, -0.2) is 23.5 Å². The van der Waals surface area contributed by atoms with Crippen LogP contribution in [0.3, 0.4) is 0 Å². The van der Waals surface area contributed by atoms with Gasteiger partial charge in [0, 0.05) is 4.83 Å². The maximum atomic E-state index is 13.2. The standard InChI is InChI=1S/C21H21BrF3NO/c1-14(22)7-6-12-20(19(27)26-13-21(23,24)25)17-10-4-2-8-15(17)16-9-3-5-11-18(16)20/h2-5,8-11,14H,6-7,12-13H2,1H3,(H,26,27). The molecule has 27 heavy (non-hydrogen) atoms. The molecule has 1 atom stereocenters. The van der Waals surface area contributed by atoms with E-state index >= 15 is 0 Å². The molecule has 2 nitrogen and oxygen atoms in total. The summed E-state index contributed by atoms with van der Waals surface area (Å²) in [4.78, 5) is 13.5. The molecule has 0 bridgehead atoms. The fraction of sp³-hybridized carbons (Fsp3) is 0.381. The van der Waals surface area contributed by atoms with E-state index in [9.17, 15) is 18.0 Å². The van der Waals surface area contributed by atoms with Crippen molar-refractivity contribution in [3.8, 4) is 11.1 Å². The quantitative estimate of drug-likeness (QED) is 0.584. The highest BCUT2D eigenvalue weighted by Gasteiger charge is 2.49. The number of hydrogen-bond acceptors (Lipinski definition) is 1. The Bertz CT molecular complexity index is 787. The van der Waals surface area contributed by atoms with Crippen molar-refractivity contribution >= 4 is 21.8 Å². The molecule has 0 heterocycles. The third-order valence-electron chi connectivity index (χ3n) is 5.05. The van der Waals surface area contributed by atoms with Crippen molar-refractivity contribution in [2.75, 3.05) is 6.54 Å². The maximum Gasteiger partial charge on any atom is 0.405 e. The van der Waals surface area contributed by atoms with E-state index in [0.717, 1.165) is 28.7 Å². The zero-order valence-corrected chi connectivity index (χ0v) is 16.5. The summed E-state index contributed by atoms with van der Waals surface area (Å²) in [5.74, 6) is -0.584. The Morgan fingerprint density at radius 3 is 2.07 bits per heavy atom. The highest BCUT2D eigenvalue weighted by molar-refractivity contribution is 9.09. The number of halogens is 4. The Kier molecular flexibility index (Phi) is 5.65. The zero-order chi connectivity index (χ0) is 19.7. The van der Waals surface area contributed by atoms with Crippen LogP contribution in [-0.2, 0) is 10.2 Å². The van der Waals surface area contributed by atoms with Crippen LogP contribution >= 0.6 is 15.9 Å². The van der Waals surface area contributed by atoms with Crippen LogP contribution < -0.4 is 5.32 Å². The summed E-state index contributed by atoms with van der Waals surface area (Å²) < 4.78 is 38.3. The van der Waals surface area contributed by atoms with E-state index < -0.39 is 24.0 Å². The Morgan fingerprint density at radius 1 is 1.07 bits per heavy atom. The number of hydrogen-bond donors (Lipinski definition) is 1. The summed E-state index contributed by atoms with van der Waals surface area (Å²) >= 11 is 3.51. The highest BCUT2D eigenvalue weighted by Crippen LogP contribution is 2.51. The number of amides is 1. The van der Waals surface area contributed by atoms with Crippen LogP contribution in [0.4, 0.5) is 13.2 Å². The number of carbonyl (C=O) groups is 1. The van der Waals surface area contributed by atoms with Crippen molar-refractivity contribution in [1.82, 2.24) is 5.32 Å². The first-order chi connectivity index (χ1) is 12.8. The largest absolute Gasteiger partial charge is 0.405 e. The van der Waals surface area contributed by atoms with Gasteiger partial charge in [-0.15, -0.1) is 0 Å². The number of benzene rings is 2. The molecule has 0 spiro atoms. The lowest BCUT2D eigenvalue weighted by atomic mass is 9.73. The lowest BCUT2D eigenvalue weighted by molar-refractivity contribution is -0.141. The second-order valence-electron chi connectivity index (χ2n) is 6.97. The zero-order valence-electron chi connectivity index (χ0n) is 14.9. The molecule has 144 valence electrons. The van der Waals surface area contributed by atoms with E-state index in [-0.39, 0.29) is 4.83 Å². The van der Waals surface area contributed by atoms with Crippen LogP contribution in [0.5, 0.6) is 0 Å². The van der Waals surface area contributed by atoms with E-state index in [1.54, 1.807) is 0 Å². The molecule has 2 aromatic carbocycles. The minimum absolute atomic E-state index is 0.277. The molecule has 2 aromatic rings. The number of carbonyl (C=O) groups excluding carboxylic acids is 1. The molecule has 6 heteroatoms. The lowest BCUT2D eigenvalue weighted by Gasteiger charge is -2.31. The molecule has 0 aliphatic heterocycles. The van der Waals surface area contributed by atoms with Crippen LogP contribution in [0.25, 0.3) is 11.1 Å². The van der Waals surface area contributed by atoms with Gasteiger partial charge in [0.25, 0.3) is 0 Å². The van der Waals surface area contributed by atoms with Crippen molar-refractivity contribution in [2.24, 2.45) is 0 Å². The van der Waals surface area contributed by atoms with Crippen molar-refractivity contribution in [2.45, 2.75) is 42.6 Å². The van der Waals surface area contributed by atoms with Crippen molar-refractivity contribution in [1.29, 1.82) is 0 Å². The molecule has 0 fully saturated rings. The van der Waals surface area contributed by atoms with Gasteiger partial charge in [0.2, 0.25) is 5.91 Å². The Balaban J connectivity index is 2.08. The van der Waals surface area contributed by atoms with Crippen molar-refractivity contribution < 1.29 is 18.0 Å². The number of alkyl halides is 4.